The molecule has 152 valence electrons. The Labute approximate surface area is 168 Å². The minimum atomic E-state index is -0.542. The van der Waals surface area contributed by atoms with E-state index in [0.29, 0.717) is 37.6 Å². The van der Waals surface area contributed by atoms with E-state index in [-0.39, 0.29) is 12.1 Å². The summed E-state index contributed by atoms with van der Waals surface area (Å²) >= 11 is 0. The molecule has 0 unspecified atom stereocenters. The lowest BCUT2D eigenvalue weighted by Crippen LogP contribution is -2.28. The highest BCUT2D eigenvalue weighted by Crippen LogP contribution is 2.15. The third-order valence-electron chi connectivity index (χ3n) is 4.24. The van der Waals surface area contributed by atoms with Crippen LogP contribution >= 0.6 is 0 Å². The van der Waals surface area contributed by atoms with Crippen LogP contribution in [-0.4, -0.2) is 43.4 Å². The Bertz CT molecular complexity index is 885. The molecule has 4 amide bonds. The topological polar surface area (TPSA) is 109 Å². The van der Waals surface area contributed by atoms with Crippen LogP contribution in [0.25, 0.3) is 0 Å². The number of methoxy groups -OCH3 is 1. The van der Waals surface area contributed by atoms with E-state index in [4.69, 9.17) is 4.74 Å². The Morgan fingerprint density at radius 3 is 2.55 bits per heavy atom. The number of hydrogen-bond acceptors (Lipinski definition) is 5. The fraction of sp³-hybridized carbons (Fsp3) is 0.250. The molecule has 1 heterocycles. The Morgan fingerprint density at radius 1 is 1.07 bits per heavy atom. The first kappa shape index (κ1) is 20.0. The second kappa shape index (κ2) is 9.45. The first-order valence-electron chi connectivity index (χ1n) is 9.03. The highest BCUT2D eigenvalue weighted by molar-refractivity contribution is 5.89. The number of amides is 4. The van der Waals surface area contributed by atoms with Gasteiger partial charge in [-0.05, 0) is 35.4 Å². The smallest absolute Gasteiger partial charge is 0.411 e. The van der Waals surface area contributed by atoms with Gasteiger partial charge in [0.15, 0.2) is 0 Å². The number of benzene rings is 2. The summed E-state index contributed by atoms with van der Waals surface area (Å²) in [6, 6.07) is 14.0. The van der Waals surface area contributed by atoms with Gasteiger partial charge < -0.3 is 25.0 Å². The van der Waals surface area contributed by atoms with Crippen LogP contribution in [0.1, 0.15) is 11.1 Å². The van der Waals surface area contributed by atoms with E-state index in [1.54, 1.807) is 35.2 Å². The van der Waals surface area contributed by atoms with Gasteiger partial charge in [-0.15, -0.1) is 0 Å². The number of rotatable bonds is 6. The zero-order valence-corrected chi connectivity index (χ0v) is 15.9. The van der Waals surface area contributed by atoms with Crippen LogP contribution in [0.4, 0.5) is 25.8 Å². The number of nitrogens with zero attached hydrogens (tertiary/aromatic N) is 1. The maximum Gasteiger partial charge on any atom is 0.411 e. The number of carbonyl (C=O) groups is 3. The molecule has 3 rings (SSSR count). The molecule has 29 heavy (non-hydrogen) atoms. The molecule has 0 atom stereocenters. The average molecular weight is 398 g/mol. The van der Waals surface area contributed by atoms with Crippen molar-refractivity contribution in [2.24, 2.45) is 0 Å². The standard InChI is InChI=1S/C20H22N4O5/c1-28-19(26)23-16-7-5-14(6-8-16)12-21-18(25)22-17-4-2-3-15(11-17)13-24-9-10-29-20(24)27/h2-8,11H,9-10,12-13H2,1H3,(H,23,26)(H2,21,22,25). The van der Waals surface area contributed by atoms with Crippen molar-refractivity contribution in [3.05, 3.63) is 59.7 Å². The van der Waals surface area contributed by atoms with Gasteiger partial charge >= 0.3 is 18.2 Å². The molecule has 9 heteroatoms. The molecule has 0 aliphatic carbocycles. The Balaban J connectivity index is 1.48. The van der Waals surface area contributed by atoms with Crippen LogP contribution in [-0.2, 0) is 22.6 Å². The summed E-state index contributed by atoms with van der Waals surface area (Å²) in [4.78, 5) is 36.5. The average Bonchev–Trinajstić information content (AvgIpc) is 3.12. The van der Waals surface area contributed by atoms with Crippen molar-refractivity contribution in [1.82, 2.24) is 10.2 Å². The van der Waals surface area contributed by atoms with Crippen molar-refractivity contribution < 1.29 is 23.9 Å². The molecule has 9 nitrogen and oxygen atoms in total. The van der Waals surface area contributed by atoms with Crippen LogP contribution < -0.4 is 16.0 Å². The molecule has 2 aromatic rings. The van der Waals surface area contributed by atoms with Gasteiger partial charge in [0.2, 0.25) is 0 Å². The molecular weight excluding hydrogens is 376 g/mol. The summed E-state index contributed by atoms with van der Waals surface area (Å²) in [5.74, 6) is 0. The summed E-state index contributed by atoms with van der Waals surface area (Å²) in [5, 5.41) is 8.10. The van der Waals surface area contributed by atoms with Crippen molar-refractivity contribution >= 4 is 29.6 Å². The maximum absolute atomic E-state index is 12.2. The zero-order valence-electron chi connectivity index (χ0n) is 15.9. The van der Waals surface area contributed by atoms with E-state index < -0.39 is 6.09 Å². The molecule has 2 aromatic carbocycles. The largest absolute Gasteiger partial charge is 0.453 e. The third kappa shape index (κ3) is 5.86. The number of anilines is 2. The van der Waals surface area contributed by atoms with Gasteiger partial charge in [0, 0.05) is 24.5 Å². The number of urea groups is 1. The normalized spacial score (nSPS) is 12.9. The van der Waals surface area contributed by atoms with Gasteiger partial charge in [0.1, 0.15) is 6.61 Å². The van der Waals surface area contributed by atoms with Crippen LogP contribution in [0.5, 0.6) is 0 Å². The predicted molar refractivity (Wildman–Crippen MR) is 107 cm³/mol. The van der Waals surface area contributed by atoms with Crippen LogP contribution in [0.2, 0.25) is 0 Å². The maximum atomic E-state index is 12.2. The van der Waals surface area contributed by atoms with E-state index >= 15 is 0 Å². The monoisotopic (exact) mass is 398 g/mol. The lowest BCUT2D eigenvalue weighted by atomic mass is 10.2. The van der Waals surface area contributed by atoms with Gasteiger partial charge in [0.05, 0.1) is 13.7 Å². The summed E-state index contributed by atoms with van der Waals surface area (Å²) < 4.78 is 9.45. The second-order valence-corrected chi connectivity index (χ2v) is 6.36. The van der Waals surface area contributed by atoms with Crippen molar-refractivity contribution in [2.45, 2.75) is 13.1 Å². The SMILES string of the molecule is COC(=O)Nc1ccc(CNC(=O)Nc2cccc(CN3CCOC3=O)c2)cc1. The first-order chi connectivity index (χ1) is 14.0. The highest BCUT2D eigenvalue weighted by Gasteiger charge is 2.21. The molecule has 0 saturated carbocycles. The molecule has 0 aromatic heterocycles. The van der Waals surface area contributed by atoms with Crippen LogP contribution in [0, 0.1) is 0 Å². The highest BCUT2D eigenvalue weighted by atomic mass is 16.6. The number of cyclic esters (lactones) is 1. The van der Waals surface area contributed by atoms with Gasteiger partial charge in [-0.1, -0.05) is 24.3 Å². The van der Waals surface area contributed by atoms with Crippen molar-refractivity contribution in [3.8, 4) is 0 Å². The van der Waals surface area contributed by atoms with Gasteiger partial charge in [-0.25, -0.2) is 14.4 Å². The minimum absolute atomic E-state index is 0.323. The minimum Gasteiger partial charge on any atom is -0.453 e. The number of hydrogen-bond donors (Lipinski definition) is 3. The molecule has 0 bridgehead atoms. The van der Waals surface area contributed by atoms with E-state index in [9.17, 15) is 14.4 Å². The zero-order chi connectivity index (χ0) is 20.6. The molecule has 1 aliphatic heterocycles. The molecule has 0 spiro atoms. The second-order valence-electron chi connectivity index (χ2n) is 6.36. The molecule has 1 saturated heterocycles. The fourth-order valence-corrected chi connectivity index (χ4v) is 2.77. The summed E-state index contributed by atoms with van der Waals surface area (Å²) in [7, 11) is 1.29. The first-order valence-corrected chi connectivity index (χ1v) is 9.03. The summed E-state index contributed by atoms with van der Waals surface area (Å²) in [6.07, 6.45) is -0.868. The van der Waals surface area contributed by atoms with Gasteiger partial charge in [0.25, 0.3) is 0 Å². The third-order valence-corrected chi connectivity index (χ3v) is 4.24. The number of carbonyl (C=O) groups excluding carboxylic acids is 3. The Hall–Kier alpha value is -3.75. The lowest BCUT2D eigenvalue weighted by Gasteiger charge is -2.14. The number of ether oxygens (including phenoxy) is 2. The van der Waals surface area contributed by atoms with E-state index in [0.717, 1.165) is 11.1 Å². The van der Waals surface area contributed by atoms with Crippen LogP contribution in [0.15, 0.2) is 48.5 Å². The lowest BCUT2D eigenvalue weighted by molar-refractivity contribution is 0.157. The predicted octanol–water partition coefficient (Wildman–Crippen LogP) is 3.14. The molecule has 0 radical (unpaired) electrons. The van der Waals surface area contributed by atoms with Crippen LogP contribution in [0.3, 0.4) is 0 Å². The Morgan fingerprint density at radius 2 is 1.86 bits per heavy atom. The summed E-state index contributed by atoms with van der Waals surface area (Å²) in [6.45, 7) is 1.72. The van der Waals surface area contributed by atoms with Gasteiger partial charge in [-0.2, -0.15) is 0 Å². The molecule has 1 fully saturated rings. The summed E-state index contributed by atoms with van der Waals surface area (Å²) in [5.41, 5.74) is 3.00. The number of nitrogens with one attached hydrogen (secondary N) is 3. The van der Waals surface area contributed by atoms with Crippen molar-refractivity contribution in [1.29, 1.82) is 0 Å². The molecule has 3 N–H and O–H groups in total. The van der Waals surface area contributed by atoms with Crippen molar-refractivity contribution in [3.63, 3.8) is 0 Å². The van der Waals surface area contributed by atoms with Gasteiger partial charge in [-0.3, -0.25) is 5.32 Å². The van der Waals surface area contributed by atoms with E-state index in [1.165, 1.54) is 7.11 Å². The van der Waals surface area contributed by atoms with E-state index in [2.05, 4.69) is 20.7 Å². The fourth-order valence-electron chi connectivity index (χ4n) is 2.77. The molecular formula is C20H22N4O5. The quantitative estimate of drug-likeness (QED) is 0.693. The molecule has 1 aliphatic rings. The Kier molecular flexibility index (Phi) is 6.51. The van der Waals surface area contributed by atoms with Crippen molar-refractivity contribution in [2.75, 3.05) is 30.9 Å². The van der Waals surface area contributed by atoms with E-state index in [1.807, 2.05) is 18.2 Å².